The molecule has 0 fully saturated rings. The predicted molar refractivity (Wildman–Crippen MR) is 58.9 cm³/mol. The van der Waals surface area contributed by atoms with Crippen LogP contribution in [0.5, 0.6) is 0 Å². The zero-order valence-electron chi connectivity index (χ0n) is 9.61. The number of rotatable bonds is 4. The van der Waals surface area contributed by atoms with Gasteiger partial charge in [0, 0.05) is 25.2 Å². The Hall–Kier alpha value is -2.18. The van der Waals surface area contributed by atoms with Gasteiger partial charge in [-0.1, -0.05) is 6.07 Å². The van der Waals surface area contributed by atoms with E-state index in [0.29, 0.717) is 6.07 Å². The van der Waals surface area contributed by atoms with E-state index in [1.807, 2.05) is 0 Å². The van der Waals surface area contributed by atoms with Crippen LogP contribution in [0.15, 0.2) is 18.2 Å². The third-order valence-electron chi connectivity index (χ3n) is 2.16. The fraction of sp³-hybridized carbons (Fsp3) is 0.273. The molecule has 0 saturated heterocycles. The first-order chi connectivity index (χ1) is 8.40. The van der Waals surface area contributed by atoms with Crippen LogP contribution >= 0.6 is 0 Å². The fourth-order valence-electron chi connectivity index (χ4n) is 1.25. The standard InChI is InChI=1S/C11H12F2N2O3/c1-15(6-10(16)17)11(18)14-5-7-2-3-8(12)4-9(7)13/h2-4H,5-6H2,1H3,(H,14,18)(H,16,17). The number of aliphatic carboxylic acids is 1. The van der Waals surface area contributed by atoms with Crippen molar-refractivity contribution in [3.8, 4) is 0 Å². The highest BCUT2D eigenvalue weighted by Crippen LogP contribution is 2.09. The Kier molecular flexibility index (Phi) is 4.59. The SMILES string of the molecule is CN(CC(=O)O)C(=O)NCc1ccc(F)cc1F. The number of carboxylic acids is 1. The van der Waals surface area contributed by atoms with E-state index >= 15 is 0 Å². The van der Waals surface area contributed by atoms with E-state index in [9.17, 15) is 18.4 Å². The van der Waals surface area contributed by atoms with Gasteiger partial charge < -0.3 is 15.3 Å². The second-order valence-corrected chi connectivity index (χ2v) is 3.64. The van der Waals surface area contributed by atoms with Gasteiger partial charge in [0.25, 0.3) is 0 Å². The monoisotopic (exact) mass is 258 g/mol. The minimum atomic E-state index is -1.15. The van der Waals surface area contributed by atoms with Gasteiger partial charge in [-0.2, -0.15) is 0 Å². The molecular weight excluding hydrogens is 246 g/mol. The van der Waals surface area contributed by atoms with E-state index in [-0.39, 0.29) is 12.1 Å². The molecule has 0 saturated carbocycles. The molecule has 1 aromatic carbocycles. The highest BCUT2D eigenvalue weighted by atomic mass is 19.1. The summed E-state index contributed by atoms with van der Waals surface area (Å²) in [5.74, 6) is -2.62. The van der Waals surface area contributed by atoms with Crippen molar-refractivity contribution < 1.29 is 23.5 Å². The number of carbonyl (C=O) groups excluding carboxylic acids is 1. The molecule has 0 unspecified atom stereocenters. The first kappa shape index (κ1) is 13.9. The summed E-state index contributed by atoms with van der Waals surface area (Å²) in [4.78, 5) is 22.7. The van der Waals surface area contributed by atoms with E-state index in [2.05, 4.69) is 5.32 Å². The lowest BCUT2D eigenvalue weighted by Crippen LogP contribution is -2.39. The van der Waals surface area contributed by atoms with Crippen LogP contribution in [0.25, 0.3) is 0 Å². The van der Waals surface area contributed by atoms with Crippen molar-refractivity contribution in [1.82, 2.24) is 10.2 Å². The Morgan fingerprint density at radius 3 is 2.61 bits per heavy atom. The van der Waals surface area contributed by atoms with E-state index in [1.54, 1.807) is 0 Å². The van der Waals surface area contributed by atoms with Crippen molar-refractivity contribution in [3.63, 3.8) is 0 Å². The molecule has 2 N–H and O–H groups in total. The van der Waals surface area contributed by atoms with Gasteiger partial charge >= 0.3 is 12.0 Å². The molecule has 0 spiro atoms. The molecule has 0 radical (unpaired) electrons. The van der Waals surface area contributed by atoms with Crippen LogP contribution < -0.4 is 5.32 Å². The number of carboxylic acid groups (broad SMARTS) is 1. The first-order valence-electron chi connectivity index (χ1n) is 5.05. The lowest BCUT2D eigenvalue weighted by molar-refractivity contribution is -0.137. The summed E-state index contributed by atoms with van der Waals surface area (Å²) in [5.41, 5.74) is 0.119. The highest BCUT2D eigenvalue weighted by Gasteiger charge is 2.12. The summed E-state index contributed by atoms with van der Waals surface area (Å²) in [6.07, 6.45) is 0. The predicted octanol–water partition coefficient (Wildman–Crippen LogP) is 1.19. The van der Waals surface area contributed by atoms with Gasteiger partial charge in [-0.15, -0.1) is 0 Å². The summed E-state index contributed by atoms with van der Waals surface area (Å²) < 4.78 is 25.8. The molecule has 0 atom stereocenters. The lowest BCUT2D eigenvalue weighted by Gasteiger charge is -2.15. The number of halogens is 2. The van der Waals surface area contributed by atoms with Crippen LogP contribution in [0.3, 0.4) is 0 Å². The highest BCUT2D eigenvalue weighted by molar-refractivity contribution is 5.79. The molecule has 0 aliphatic heterocycles. The molecule has 98 valence electrons. The fourth-order valence-corrected chi connectivity index (χ4v) is 1.25. The normalized spacial score (nSPS) is 9.94. The summed E-state index contributed by atoms with van der Waals surface area (Å²) >= 11 is 0. The van der Waals surface area contributed by atoms with Gasteiger partial charge in [0.05, 0.1) is 0 Å². The number of benzene rings is 1. The van der Waals surface area contributed by atoms with Crippen LogP contribution in [-0.4, -0.2) is 35.6 Å². The van der Waals surface area contributed by atoms with Gasteiger partial charge in [-0.05, 0) is 6.07 Å². The molecule has 0 aliphatic rings. The molecule has 0 bridgehead atoms. The number of urea groups is 1. The van der Waals surface area contributed by atoms with E-state index in [1.165, 1.54) is 13.1 Å². The van der Waals surface area contributed by atoms with Gasteiger partial charge in [0.15, 0.2) is 0 Å². The topological polar surface area (TPSA) is 69.6 Å². The summed E-state index contributed by atoms with van der Waals surface area (Å²) in [5, 5.41) is 10.8. The minimum Gasteiger partial charge on any atom is -0.480 e. The van der Waals surface area contributed by atoms with Crippen LogP contribution in [0.1, 0.15) is 5.56 Å². The average molecular weight is 258 g/mol. The van der Waals surface area contributed by atoms with Crippen molar-refractivity contribution in [2.24, 2.45) is 0 Å². The van der Waals surface area contributed by atoms with Crippen LogP contribution in [0.4, 0.5) is 13.6 Å². The van der Waals surface area contributed by atoms with Gasteiger partial charge in [0.2, 0.25) is 0 Å². The largest absolute Gasteiger partial charge is 0.480 e. The summed E-state index contributed by atoms with van der Waals surface area (Å²) in [7, 11) is 1.30. The van der Waals surface area contributed by atoms with Crippen molar-refractivity contribution in [2.45, 2.75) is 6.54 Å². The van der Waals surface area contributed by atoms with Crippen molar-refractivity contribution in [1.29, 1.82) is 0 Å². The van der Waals surface area contributed by atoms with Gasteiger partial charge in [0.1, 0.15) is 18.2 Å². The Morgan fingerprint density at radius 1 is 1.39 bits per heavy atom. The second-order valence-electron chi connectivity index (χ2n) is 3.64. The molecule has 18 heavy (non-hydrogen) atoms. The van der Waals surface area contributed by atoms with E-state index in [0.717, 1.165) is 11.0 Å². The number of amides is 2. The minimum absolute atomic E-state index is 0.119. The Bertz CT molecular complexity index is 466. The number of nitrogens with one attached hydrogen (secondary N) is 1. The Labute approximate surface area is 102 Å². The van der Waals surface area contributed by atoms with Gasteiger partial charge in [-0.3, -0.25) is 4.79 Å². The van der Waals surface area contributed by atoms with Crippen LogP contribution in [-0.2, 0) is 11.3 Å². The van der Waals surface area contributed by atoms with Crippen LogP contribution in [0.2, 0.25) is 0 Å². The van der Waals surface area contributed by atoms with E-state index < -0.39 is 30.2 Å². The third kappa shape index (κ3) is 4.00. The smallest absolute Gasteiger partial charge is 0.323 e. The number of nitrogens with zero attached hydrogens (tertiary/aromatic N) is 1. The summed E-state index contributed by atoms with van der Waals surface area (Å²) in [6, 6.07) is 2.34. The zero-order chi connectivity index (χ0) is 13.7. The molecule has 0 heterocycles. The molecule has 7 heteroatoms. The Balaban J connectivity index is 2.54. The quantitative estimate of drug-likeness (QED) is 0.852. The first-order valence-corrected chi connectivity index (χ1v) is 5.05. The van der Waals surface area contributed by atoms with Crippen molar-refractivity contribution in [3.05, 3.63) is 35.4 Å². The molecule has 5 nitrogen and oxygen atoms in total. The van der Waals surface area contributed by atoms with Crippen LogP contribution in [0, 0.1) is 11.6 Å². The molecule has 1 rings (SSSR count). The summed E-state index contributed by atoms with van der Waals surface area (Å²) in [6.45, 7) is -0.605. The number of likely N-dealkylation sites (N-methyl/N-ethyl adjacent to an activating group) is 1. The Morgan fingerprint density at radius 2 is 2.06 bits per heavy atom. The van der Waals surface area contributed by atoms with E-state index in [4.69, 9.17) is 5.11 Å². The molecule has 0 aliphatic carbocycles. The maximum atomic E-state index is 13.2. The third-order valence-corrected chi connectivity index (χ3v) is 2.16. The zero-order valence-corrected chi connectivity index (χ0v) is 9.61. The maximum absolute atomic E-state index is 13.2. The number of hydrogen-bond acceptors (Lipinski definition) is 2. The number of hydrogen-bond donors (Lipinski definition) is 2. The van der Waals surface area contributed by atoms with Gasteiger partial charge in [-0.25, -0.2) is 13.6 Å². The average Bonchev–Trinajstić information content (AvgIpc) is 2.26. The second kappa shape index (κ2) is 5.95. The van der Waals surface area contributed by atoms with Crippen molar-refractivity contribution >= 4 is 12.0 Å². The molecule has 0 aromatic heterocycles. The maximum Gasteiger partial charge on any atom is 0.323 e. The van der Waals surface area contributed by atoms with Crippen molar-refractivity contribution in [2.75, 3.05) is 13.6 Å². The molecule has 1 aromatic rings. The molecule has 2 amide bonds. The molecular formula is C11H12F2N2O3. The lowest BCUT2D eigenvalue weighted by atomic mass is 10.2. The number of carbonyl (C=O) groups is 2.